The first-order chi connectivity index (χ1) is 16.3. The predicted octanol–water partition coefficient (Wildman–Crippen LogP) is 2.14. The van der Waals surface area contributed by atoms with E-state index in [9.17, 15) is 14.7 Å². The largest absolute Gasteiger partial charge is 0.478 e. The number of pyridine rings is 1. The average molecular weight is 465 g/mol. The molecule has 2 aromatic rings. The summed E-state index contributed by atoms with van der Waals surface area (Å²) in [6.07, 6.45) is 6.69. The second kappa shape index (κ2) is 11.1. The number of carboxylic acids is 2. The summed E-state index contributed by atoms with van der Waals surface area (Å²) < 4.78 is 5.94. The molecule has 8 heteroatoms. The molecule has 3 aliphatic rings. The molecule has 3 fully saturated rings. The van der Waals surface area contributed by atoms with Crippen LogP contribution >= 0.6 is 0 Å². The predicted molar refractivity (Wildman–Crippen MR) is 125 cm³/mol. The topological polar surface area (TPSA) is 120 Å². The lowest BCUT2D eigenvalue weighted by Crippen LogP contribution is -2.59. The van der Waals surface area contributed by atoms with Crippen LogP contribution in [0.25, 0.3) is 0 Å². The number of hydrogen-bond acceptors (Lipinski definition) is 6. The zero-order valence-corrected chi connectivity index (χ0v) is 18.9. The van der Waals surface area contributed by atoms with Crippen molar-refractivity contribution in [3.8, 4) is 11.8 Å². The molecule has 3 aliphatic heterocycles. The lowest BCUT2D eigenvalue weighted by molar-refractivity contribution is -0.134. The maximum absolute atomic E-state index is 11.6. The van der Waals surface area contributed by atoms with Gasteiger partial charge in [-0.1, -0.05) is 48.2 Å². The number of carbonyl (C=O) groups is 2. The standard InChI is InChI=1S/C22H24N2O2.C4H4O4/c1-26-21(17-24-14-9-18(21)10-15-24)11-12-22(25,19-6-3-2-4-7-19)20-8-5-13-23-16-20;5-3(6)1-2-4(7)8/h2-8,13,16,18,25H,9-10,14-15,17H2,1H3;1-2H,(H,5,6)(H,7,8)/t21-,22+;/m1./s1. The van der Waals surface area contributed by atoms with Crippen LogP contribution in [-0.2, 0) is 19.9 Å². The summed E-state index contributed by atoms with van der Waals surface area (Å²) >= 11 is 0. The molecule has 2 atom stereocenters. The number of piperidine rings is 3. The van der Waals surface area contributed by atoms with E-state index in [4.69, 9.17) is 14.9 Å². The fourth-order valence-corrected chi connectivity index (χ4v) is 4.35. The molecule has 5 rings (SSSR count). The zero-order chi connectivity index (χ0) is 24.6. The molecule has 0 amide bonds. The third-order valence-electron chi connectivity index (χ3n) is 6.16. The van der Waals surface area contributed by atoms with Crippen LogP contribution in [0.15, 0.2) is 67.0 Å². The first-order valence-electron chi connectivity index (χ1n) is 10.9. The van der Waals surface area contributed by atoms with Crippen molar-refractivity contribution in [1.29, 1.82) is 0 Å². The smallest absolute Gasteiger partial charge is 0.328 e. The minimum Gasteiger partial charge on any atom is -0.478 e. The Bertz CT molecular complexity index is 1010. The van der Waals surface area contributed by atoms with Crippen molar-refractivity contribution >= 4 is 11.9 Å². The van der Waals surface area contributed by atoms with Gasteiger partial charge >= 0.3 is 11.9 Å². The fraction of sp³-hybridized carbons (Fsp3) is 0.346. The average Bonchev–Trinajstić information content (AvgIpc) is 2.88. The van der Waals surface area contributed by atoms with E-state index < -0.39 is 23.1 Å². The number of benzene rings is 1. The summed E-state index contributed by atoms with van der Waals surface area (Å²) in [5.74, 6) is 4.45. The molecule has 2 bridgehead atoms. The van der Waals surface area contributed by atoms with Crippen molar-refractivity contribution in [3.05, 3.63) is 78.1 Å². The second-order valence-electron chi connectivity index (χ2n) is 8.22. The number of methoxy groups -OCH3 is 1. The minimum absolute atomic E-state index is 0.416. The Morgan fingerprint density at radius 3 is 2.18 bits per heavy atom. The summed E-state index contributed by atoms with van der Waals surface area (Å²) in [4.78, 5) is 25.7. The van der Waals surface area contributed by atoms with Gasteiger partial charge < -0.3 is 20.1 Å². The Kier molecular flexibility index (Phi) is 8.18. The highest BCUT2D eigenvalue weighted by molar-refractivity contribution is 5.89. The third-order valence-corrected chi connectivity index (χ3v) is 6.16. The summed E-state index contributed by atoms with van der Waals surface area (Å²) in [5, 5.41) is 27.2. The van der Waals surface area contributed by atoms with Gasteiger partial charge in [-0.05, 0) is 32.0 Å². The molecule has 0 radical (unpaired) electrons. The van der Waals surface area contributed by atoms with Gasteiger partial charge in [-0.25, -0.2) is 9.59 Å². The van der Waals surface area contributed by atoms with Gasteiger partial charge in [0.2, 0.25) is 0 Å². The molecule has 1 aromatic heterocycles. The number of fused-ring (bicyclic) bond motifs is 3. The number of rotatable bonds is 5. The van der Waals surface area contributed by atoms with Crippen LogP contribution in [0, 0.1) is 17.8 Å². The van der Waals surface area contributed by atoms with Crippen LogP contribution in [0.4, 0.5) is 0 Å². The zero-order valence-electron chi connectivity index (χ0n) is 18.9. The summed E-state index contributed by atoms with van der Waals surface area (Å²) in [6, 6.07) is 13.3. The number of aromatic nitrogens is 1. The van der Waals surface area contributed by atoms with E-state index >= 15 is 0 Å². The van der Waals surface area contributed by atoms with E-state index in [-0.39, 0.29) is 0 Å². The van der Waals surface area contributed by atoms with Crippen molar-refractivity contribution in [2.45, 2.75) is 24.0 Å². The molecular weight excluding hydrogens is 436 g/mol. The molecule has 3 N–H and O–H groups in total. The number of aliphatic hydroxyl groups is 1. The first kappa shape index (κ1) is 25.1. The Hall–Kier alpha value is -3.51. The molecule has 4 heterocycles. The van der Waals surface area contributed by atoms with Crippen LogP contribution in [0.3, 0.4) is 0 Å². The van der Waals surface area contributed by atoms with Gasteiger partial charge in [0.25, 0.3) is 0 Å². The monoisotopic (exact) mass is 464 g/mol. The van der Waals surface area contributed by atoms with Gasteiger partial charge in [-0.15, -0.1) is 0 Å². The second-order valence-corrected chi connectivity index (χ2v) is 8.22. The molecule has 0 unspecified atom stereocenters. The highest BCUT2D eigenvalue weighted by atomic mass is 16.5. The number of aliphatic carboxylic acids is 2. The number of carboxylic acid groups (broad SMARTS) is 2. The maximum Gasteiger partial charge on any atom is 0.328 e. The quantitative estimate of drug-likeness (QED) is 0.455. The molecule has 1 aromatic carbocycles. The Morgan fingerprint density at radius 1 is 1.09 bits per heavy atom. The van der Waals surface area contributed by atoms with Crippen LogP contribution in [0.5, 0.6) is 0 Å². The van der Waals surface area contributed by atoms with Crippen LogP contribution in [0.1, 0.15) is 24.0 Å². The fourth-order valence-electron chi connectivity index (χ4n) is 4.35. The van der Waals surface area contributed by atoms with Crippen LogP contribution in [0.2, 0.25) is 0 Å². The molecule has 178 valence electrons. The van der Waals surface area contributed by atoms with Crippen molar-refractivity contribution in [2.75, 3.05) is 26.7 Å². The molecule has 0 saturated carbocycles. The number of nitrogens with zero attached hydrogens (tertiary/aromatic N) is 2. The van der Waals surface area contributed by atoms with Gasteiger partial charge in [0.15, 0.2) is 5.60 Å². The Labute approximate surface area is 198 Å². The first-order valence-corrected chi connectivity index (χ1v) is 10.9. The van der Waals surface area contributed by atoms with Crippen molar-refractivity contribution in [2.24, 2.45) is 5.92 Å². The molecule has 34 heavy (non-hydrogen) atoms. The van der Waals surface area contributed by atoms with Gasteiger partial charge in [-0.2, -0.15) is 0 Å². The Morgan fingerprint density at radius 2 is 1.71 bits per heavy atom. The highest BCUT2D eigenvalue weighted by Crippen LogP contribution is 2.38. The van der Waals surface area contributed by atoms with Gasteiger partial charge in [0.1, 0.15) is 5.60 Å². The molecule has 0 aliphatic carbocycles. The van der Waals surface area contributed by atoms with E-state index in [0.29, 0.717) is 23.6 Å². The van der Waals surface area contributed by atoms with Crippen LogP contribution in [-0.4, -0.2) is 69.5 Å². The van der Waals surface area contributed by atoms with Crippen molar-refractivity contribution < 1.29 is 29.6 Å². The summed E-state index contributed by atoms with van der Waals surface area (Å²) in [7, 11) is 1.74. The maximum atomic E-state index is 11.6. The Balaban J connectivity index is 0.000000350. The highest BCUT2D eigenvalue weighted by Gasteiger charge is 2.46. The van der Waals surface area contributed by atoms with E-state index in [1.807, 2.05) is 42.5 Å². The summed E-state index contributed by atoms with van der Waals surface area (Å²) in [5.41, 5.74) is -0.506. The molecule has 8 nitrogen and oxygen atoms in total. The SMILES string of the molecule is CO[C@]1(C#C[C@](O)(c2ccccc2)c2cccnc2)CN2CCC1CC2.O=C(O)C=CC(=O)O. The van der Waals surface area contributed by atoms with Gasteiger partial charge in [0.05, 0.1) is 0 Å². The third kappa shape index (κ3) is 5.88. The van der Waals surface area contributed by atoms with E-state index in [1.54, 1.807) is 19.5 Å². The number of hydrogen-bond donors (Lipinski definition) is 3. The summed E-state index contributed by atoms with van der Waals surface area (Å²) in [6.45, 7) is 3.03. The van der Waals surface area contributed by atoms with E-state index in [0.717, 1.165) is 38.0 Å². The lowest BCUT2D eigenvalue weighted by Gasteiger charge is -2.49. The molecule has 3 saturated heterocycles. The molecule has 0 spiro atoms. The van der Waals surface area contributed by atoms with Crippen molar-refractivity contribution in [3.63, 3.8) is 0 Å². The van der Waals surface area contributed by atoms with E-state index in [1.165, 1.54) is 0 Å². The lowest BCUT2D eigenvalue weighted by atomic mass is 9.75. The van der Waals surface area contributed by atoms with Crippen LogP contribution < -0.4 is 0 Å². The number of ether oxygens (including phenoxy) is 1. The molecular formula is C26H28N2O6. The van der Waals surface area contributed by atoms with Crippen molar-refractivity contribution in [1.82, 2.24) is 9.88 Å². The minimum atomic E-state index is -1.41. The normalized spacial score (nSPS) is 24.8. The van der Waals surface area contributed by atoms with E-state index in [2.05, 4.69) is 21.7 Å². The van der Waals surface area contributed by atoms with Gasteiger partial charge in [-0.3, -0.25) is 9.88 Å². The van der Waals surface area contributed by atoms with Gasteiger partial charge in [0, 0.05) is 55.2 Å².